The number of rotatable bonds is 8. The number of nitrogens with one attached hydrogen (secondary N) is 2. The second-order valence-corrected chi connectivity index (χ2v) is 8.10. The van der Waals surface area contributed by atoms with Crippen LogP contribution in [0.3, 0.4) is 0 Å². The number of aromatic hydroxyl groups is 1. The number of likely N-dealkylation sites (tertiary alicyclic amines) is 1. The molecule has 176 valence electrons. The number of aromatic nitrogens is 1. The fraction of sp³-hybridized carbons (Fsp3) is 0.292. The van der Waals surface area contributed by atoms with Gasteiger partial charge in [-0.05, 0) is 30.9 Å². The minimum atomic E-state index is -1.12. The number of carbonyl (C=O) groups excluding carboxylic acids is 1. The van der Waals surface area contributed by atoms with Gasteiger partial charge in [0.15, 0.2) is 11.4 Å². The molecular formula is C24H24N4O6. The Morgan fingerprint density at radius 1 is 1.15 bits per heavy atom. The lowest BCUT2D eigenvalue weighted by atomic mass is 10.0. The number of benzene rings is 1. The molecule has 10 heteroatoms. The van der Waals surface area contributed by atoms with Gasteiger partial charge in [0.25, 0.3) is 16.8 Å². The Morgan fingerprint density at radius 3 is 2.53 bits per heavy atom. The molecule has 1 aromatic heterocycles. The maximum absolute atomic E-state index is 12.9. The Bertz CT molecular complexity index is 1300. The Morgan fingerprint density at radius 2 is 1.85 bits per heavy atom. The second kappa shape index (κ2) is 9.34. The Labute approximate surface area is 194 Å². The highest BCUT2D eigenvalue weighted by atomic mass is 16.4. The number of anilines is 3. The van der Waals surface area contributed by atoms with Crippen molar-refractivity contribution >= 4 is 28.9 Å². The van der Waals surface area contributed by atoms with Crippen molar-refractivity contribution < 1.29 is 19.8 Å². The van der Waals surface area contributed by atoms with Crippen LogP contribution in [0.4, 0.5) is 17.1 Å². The maximum atomic E-state index is 12.9. The summed E-state index contributed by atoms with van der Waals surface area (Å²) < 4.78 is 0. The summed E-state index contributed by atoms with van der Waals surface area (Å²) in [6.07, 6.45) is 2.76. The molecule has 0 radical (unpaired) electrons. The van der Waals surface area contributed by atoms with Crippen LogP contribution in [0, 0.1) is 0 Å². The lowest BCUT2D eigenvalue weighted by Gasteiger charge is -2.23. The van der Waals surface area contributed by atoms with E-state index in [1.807, 2.05) is 37.3 Å². The highest BCUT2D eigenvalue weighted by molar-refractivity contribution is 5.99. The SMILES string of the molecule is CC[C@@H](Nc1c(Nc2ccnc(C(=O)N3CCC[C@@H]3C(=O)O)c2O)c(=O)c1=O)c1ccccc1. The number of amides is 1. The molecule has 4 rings (SSSR count). The van der Waals surface area contributed by atoms with E-state index >= 15 is 0 Å². The number of carbonyl (C=O) groups is 2. The van der Waals surface area contributed by atoms with E-state index in [1.54, 1.807) is 0 Å². The predicted octanol–water partition coefficient (Wildman–Crippen LogP) is 2.38. The zero-order valence-electron chi connectivity index (χ0n) is 18.4. The molecule has 10 nitrogen and oxygen atoms in total. The highest BCUT2D eigenvalue weighted by Gasteiger charge is 2.36. The van der Waals surface area contributed by atoms with Crippen molar-refractivity contribution in [2.24, 2.45) is 0 Å². The van der Waals surface area contributed by atoms with E-state index in [0.29, 0.717) is 19.3 Å². The molecule has 1 fully saturated rings. The molecule has 0 aliphatic carbocycles. The van der Waals surface area contributed by atoms with Crippen molar-refractivity contribution in [1.82, 2.24) is 9.88 Å². The minimum absolute atomic E-state index is 0.00679. The van der Waals surface area contributed by atoms with E-state index in [-0.39, 0.29) is 35.3 Å². The van der Waals surface area contributed by atoms with Gasteiger partial charge >= 0.3 is 5.97 Å². The number of hydrogen-bond donors (Lipinski definition) is 4. The third-order valence-corrected chi connectivity index (χ3v) is 6.02. The fourth-order valence-electron chi connectivity index (χ4n) is 4.18. The molecule has 2 aromatic carbocycles. The van der Waals surface area contributed by atoms with E-state index in [4.69, 9.17) is 0 Å². The van der Waals surface area contributed by atoms with E-state index < -0.39 is 34.5 Å². The standard InChI is InChI=1S/C24H24N4O6/c1-2-14(13-7-4-3-5-8-13)26-17-18(22(31)21(17)30)27-15-10-11-25-19(20(15)29)23(32)28-12-6-9-16(28)24(33)34/h3-5,7-8,10-11,14,16,26,29H,2,6,9,12H2,1H3,(H,25,27)(H,33,34)/t14-,16-/m1/s1. The Balaban J connectivity index is 1.59. The van der Waals surface area contributed by atoms with Crippen molar-refractivity contribution in [2.75, 3.05) is 17.2 Å². The van der Waals surface area contributed by atoms with Crippen LogP contribution in [0.15, 0.2) is 52.2 Å². The van der Waals surface area contributed by atoms with E-state index in [2.05, 4.69) is 15.6 Å². The number of carboxylic acids is 1. The third-order valence-electron chi connectivity index (χ3n) is 6.02. The van der Waals surface area contributed by atoms with Crippen LogP contribution in [0.1, 0.15) is 48.3 Å². The molecule has 34 heavy (non-hydrogen) atoms. The normalized spacial score (nSPS) is 16.4. The van der Waals surface area contributed by atoms with Gasteiger partial charge in [0.1, 0.15) is 17.4 Å². The van der Waals surface area contributed by atoms with E-state index in [9.17, 15) is 29.4 Å². The summed E-state index contributed by atoms with van der Waals surface area (Å²) in [5, 5.41) is 25.9. The van der Waals surface area contributed by atoms with Crippen LogP contribution < -0.4 is 21.5 Å². The maximum Gasteiger partial charge on any atom is 0.326 e. The largest absolute Gasteiger partial charge is 0.504 e. The zero-order valence-corrected chi connectivity index (χ0v) is 18.4. The summed E-state index contributed by atoms with van der Waals surface area (Å²) in [5.74, 6) is -2.37. The van der Waals surface area contributed by atoms with Gasteiger partial charge in [-0.15, -0.1) is 0 Å². The van der Waals surface area contributed by atoms with Crippen molar-refractivity contribution in [1.29, 1.82) is 0 Å². The van der Waals surface area contributed by atoms with Crippen molar-refractivity contribution in [2.45, 2.75) is 38.3 Å². The first-order valence-electron chi connectivity index (χ1n) is 11.0. The molecule has 0 bridgehead atoms. The van der Waals surface area contributed by atoms with Crippen LogP contribution in [-0.4, -0.2) is 44.6 Å². The molecule has 3 aromatic rings. The van der Waals surface area contributed by atoms with Crippen LogP contribution in [0.5, 0.6) is 5.75 Å². The first-order chi connectivity index (χ1) is 16.3. The van der Waals surface area contributed by atoms with Crippen molar-refractivity contribution in [3.8, 4) is 5.75 Å². The molecule has 2 heterocycles. The molecule has 4 N–H and O–H groups in total. The molecule has 0 unspecified atom stereocenters. The molecular weight excluding hydrogens is 440 g/mol. The van der Waals surface area contributed by atoms with Crippen molar-refractivity contribution in [3.63, 3.8) is 0 Å². The smallest absolute Gasteiger partial charge is 0.326 e. The van der Waals surface area contributed by atoms with E-state index in [0.717, 1.165) is 10.5 Å². The summed E-state index contributed by atoms with van der Waals surface area (Å²) in [6, 6.07) is 9.62. The van der Waals surface area contributed by atoms with Gasteiger partial charge in [0.2, 0.25) is 0 Å². The average molecular weight is 464 g/mol. The third kappa shape index (κ3) is 4.09. The number of hydrogen-bond acceptors (Lipinski definition) is 8. The second-order valence-electron chi connectivity index (χ2n) is 8.10. The van der Waals surface area contributed by atoms with Gasteiger partial charge in [-0.25, -0.2) is 9.78 Å². The van der Waals surface area contributed by atoms with Gasteiger partial charge in [-0.2, -0.15) is 0 Å². The van der Waals surface area contributed by atoms with Crippen molar-refractivity contribution in [3.05, 3.63) is 74.3 Å². The quantitative estimate of drug-likeness (QED) is 0.369. The average Bonchev–Trinajstić information content (AvgIpc) is 3.35. The molecule has 2 atom stereocenters. The molecule has 1 aliphatic heterocycles. The van der Waals surface area contributed by atoms with Crippen LogP contribution in [0.2, 0.25) is 0 Å². The van der Waals surface area contributed by atoms with Gasteiger partial charge in [0.05, 0.1) is 11.7 Å². The minimum Gasteiger partial charge on any atom is -0.504 e. The Kier molecular flexibility index (Phi) is 6.31. The number of aliphatic carboxylic acids is 1. The van der Waals surface area contributed by atoms with Gasteiger partial charge < -0.3 is 25.7 Å². The summed E-state index contributed by atoms with van der Waals surface area (Å²) in [4.78, 5) is 54.0. The lowest BCUT2D eigenvalue weighted by Crippen LogP contribution is -2.40. The van der Waals surface area contributed by atoms with Gasteiger partial charge in [-0.3, -0.25) is 14.4 Å². The van der Waals surface area contributed by atoms with Crippen LogP contribution in [-0.2, 0) is 4.79 Å². The lowest BCUT2D eigenvalue weighted by molar-refractivity contribution is -0.141. The summed E-state index contributed by atoms with van der Waals surface area (Å²) in [6.45, 7) is 2.18. The molecule has 1 saturated heterocycles. The van der Waals surface area contributed by atoms with E-state index in [1.165, 1.54) is 12.3 Å². The van der Waals surface area contributed by atoms with Crippen LogP contribution in [0.25, 0.3) is 0 Å². The Hall–Kier alpha value is -4.21. The number of pyridine rings is 1. The molecule has 1 amide bonds. The predicted molar refractivity (Wildman–Crippen MR) is 125 cm³/mol. The summed E-state index contributed by atoms with van der Waals surface area (Å²) in [5.41, 5.74) is -0.737. The topological polar surface area (TPSA) is 149 Å². The zero-order chi connectivity index (χ0) is 24.4. The summed E-state index contributed by atoms with van der Waals surface area (Å²) >= 11 is 0. The summed E-state index contributed by atoms with van der Waals surface area (Å²) in [7, 11) is 0. The fourth-order valence-corrected chi connectivity index (χ4v) is 4.18. The van der Waals surface area contributed by atoms with Gasteiger partial charge in [0, 0.05) is 12.7 Å². The monoisotopic (exact) mass is 464 g/mol. The first kappa shape index (κ1) is 23.0. The molecule has 0 saturated carbocycles. The highest BCUT2D eigenvalue weighted by Crippen LogP contribution is 2.33. The molecule has 1 aliphatic rings. The number of nitrogens with zero attached hydrogens (tertiary/aromatic N) is 2. The number of carboxylic acid groups (broad SMARTS) is 1. The first-order valence-corrected chi connectivity index (χ1v) is 11.0. The van der Waals surface area contributed by atoms with Crippen LogP contribution >= 0.6 is 0 Å². The van der Waals surface area contributed by atoms with Gasteiger partial charge in [-0.1, -0.05) is 37.3 Å². The molecule has 0 spiro atoms.